The lowest BCUT2D eigenvalue weighted by Crippen LogP contribution is -2.34. The number of aromatic amines is 2. The van der Waals surface area contributed by atoms with Crippen molar-refractivity contribution in [2.24, 2.45) is 0 Å². The maximum atomic E-state index is 14.9. The normalized spacial score (nSPS) is 11.5. The van der Waals surface area contributed by atoms with Gasteiger partial charge >= 0.3 is 11.6 Å². The van der Waals surface area contributed by atoms with E-state index in [1.165, 1.54) is 12.1 Å². The van der Waals surface area contributed by atoms with Crippen LogP contribution in [0.5, 0.6) is 0 Å². The summed E-state index contributed by atoms with van der Waals surface area (Å²) >= 11 is 0. The monoisotopic (exact) mass is 319 g/mol. The molecule has 0 saturated carbocycles. The Morgan fingerprint density at radius 2 is 1.83 bits per heavy atom. The van der Waals surface area contributed by atoms with E-state index in [0.717, 1.165) is 6.07 Å². The molecule has 0 amide bonds. The molecule has 0 fully saturated rings. The van der Waals surface area contributed by atoms with Crippen LogP contribution >= 0.6 is 0 Å². The third kappa shape index (κ3) is 3.06. The number of nitriles is 1. The summed E-state index contributed by atoms with van der Waals surface area (Å²) < 4.78 is 29.9. The highest BCUT2D eigenvalue weighted by molar-refractivity contribution is 5.42. The van der Waals surface area contributed by atoms with E-state index in [1.807, 2.05) is 16.0 Å². The third-order valence-electron chi connectivity index (χ3n) is 3.44. The van der Waals surface area contributed by atoms with Gasteiger partial charge < -0.3 is 4.98 Å². The van der Waals surface area contributed by atoms with Crippen LogP contribution in [0.2, 0.25) is 0 Å². The Kier molecular flexibility index (Phi) is 4.19. The second kappa shape index (κ2) is 5.80. The van der Waals surface area contributed by atoms with E-state index in [2.05, 4.69) is 0 Å². The number of nitrogens with zero attached hydrogens (tertiary/aromatic N) is 1. The molecule has 0 atom stereocenters. The Labute approximate surface area is 130 Å². The van der Waals surface area contributed by atoms with Gasteiger partial charge in [0.1, 0.15) is 5.69 Å². The fourth-order valence-corrected chi connectivity index (χ4v) is 2.47. The van der Waals surface area contributed by atoms with Crippen molar-refractivity contribution in [1.29, 1.82) is 5.26 Å². The largest absolute Gasteiger partial charge is 0.326 e. The minimum absolute atomic E-state index is 0.0814. The molecule has 0 bridgehead atoms. The van der Waals surface area contributed by atoms with E-state index >= 15 is 0 Å². The van der Waals surface area contributed by atoms with Gasteiger partial charge in [-0.25, -0.2) is 4.79 Å². The number of alkyl halides is 2. The van der Waals surface area contributed by atoms with Crippen molar-refractivity contribution >= 4 is 0 Å². The Bertz CT molecular complexity index is 905. The van der Waals surface area contributed by atoms with Crippen LogP contribution in [0.25, 0.3) is 0 Å². The van der Waals surface area contributed by atoms with E-state index in [9.17, 15) is 18.4 Å². The average molecular weight is 319 g/mol. The van der Waals surface area contributed by atoms with Crippen LogP contribution in [0.3, 0.4) is 0 Å². The molecular formula is C16H15F2N3O2. The van der Waals surface area contributed by atoms with Crippen LogP contribution < -0.4 is 11.2 Å². The highest BCUT2D eigenvalue weighted by Gasteiger charge is 2.39. The van der Waals surface area contributed by atoms with Crippen molar-refractivity contribution in [3.63, 3.8) is 0 Å². The van der Waals surface area contributed by atoms with Crippen molar-refractivity contribution in [3.05, 3.63) is 67.0 Å². The number of hydrogen-bond donors (Lipinski definition) is 2. The van der Waals surface area contributed by atoms with E-state index in [-0.39, 0.29) is 11.1 Å². The molecule has 0 aliphatic carbocycles. The zero-order chi connectivity index (χ0) is 17.4. The summed E-state index contributed by atoms with van der Waals surface area (Å²) in [5.74, 6) is -4.12. The first-order valence-electron chi connectivity index (χ1n) is 6.94. The molecular weight excluding hydrogens is 304 g/mol. The lowest BCUT2D eigenvalue weighted by atomic mass is 9.94. The summed E-state index contributed by atoms with van der Waals surface area (Å²) in [4.78, 5) is 27.4. The number of H-pyrrole nitrogens is 2. The number of aromatic nitrogens is 2. The topological polar surface area (TPSA) is 89.5 Å². The van der Waals surface area contributed by atoms with Crippen LogP contribution in [0.15, 0.2) is 27.8 Å². The Morgan fingerprint density at radius 3 is 2.39 bits per heavy atom. The summed E-state index contributed by atoms with van der Waals surface area (Å²) in [7, 11) is 0. The van der Waals surface area contributed by atoms with E-state index in [0.29, 0.717) is 5.56 Å². The summed E-state index contributed by atoms with van der Waals surface area (Å²) in [5, 5.41) is 8.95. The van der Waals surface area contributed by atoms with Gasteiger partial charge in [-0.15, -0.1) is 0 Å². The SMILES string of the molecule is Cc1cc(C#N)cc(C(F)(F)c2[nH]c(=O)[nH]c(=O)c2C(C)C)c1. The quantitative estimate of drug-likeness (QED) is 0.911. The zero-order valence-corrected chi connectivity index (χ0v) is 12.8. The number of nitrogens with one attached hydrogen (secondary N) is 2. The molecule has 5 nitrogen and oxygen atoms in total. The first-order chi connectivity index (χ1) is 10.7. The van der Waals surface area contributed by atoms with E-state index in [4.69, 9.17) is 5.26 Å². The molecule has 2 N–H and O–H groups in total. The Balaban J connectivity index is 2.79. The summed E-state index contributed by atoms with van der Waals surface area (Å²) in [5.41, 5.74) is -2.65. The molecule has 1 aromatic carbocycles. The van der Waals surface area contributed by atoms with E-state index < -0.39 is 34.3 Å². The maximum absolute atomic E-state index is 14.9. The van der Waals surface area contributed by atoms with Crippen LogP contribution in [0.1, 0.15) is 47.7 Å². The van der Waals surface area contributed by atoms with Crippen LogP contribution in [-0.4, -0.2) is 9.97 Å². The molecule has 0 aliphatic rings. The molecule has 2 rings (SSSR count). The van der Waals surface area contributed by atoms with Gasteiger partial charge in [-0.1, -0.05) is 13.8 Å². The van der Waals surface area contributed by atoms with Crippen LogP contribution in [0.4, 0.5) is 8.78 Å². The smallest absolute Gasteiger partial charge is 0.305 e. The van der Waals surface area contributed by atoms with Crippen molar-refractivity contribution in [1.82, 2.24) is 9.97 Å². The molecule has 0 radical (unpaired) electrons. The molecule has 0 spiro atoms. The molecule has 2 aromatic rings. The second-order valence-corrected chi connectivity index (χ2v) is 5.63. The molecule has 120 valence electrons. The first-order valence-corrected chi connectivity index (χ1v) is 6.94. The standard InChI is InChI=1S/C16H15F2N3O2/c1-8(2)12-13(20-15(23)21-14(12)22)16(17,18)11-5-9(3)4-10(6-11)7-19/h4-6,8H,1-3H3,(H2,20,21,22,23). The second-order valence-electron chi connectivity index (χ2n) is 5.63. The number of rotatable bonds is 3. The van der Waals surface area contributed by atoms with Crippen LogP contribution in [-0.2, 0) is 5.92 Å². The van der Waals surface area contributed by atoms with Gasteiger partial charge in [-0.05, 0) is 36.6 Å². The molecule has 7 heteroatoms. The fourth-order valence-electron chi connectivity index (χ4n) is 2.47. The van der Waals surface area contributed by atoms with Gasteiger partial charge in [0.2, 0.25) is 0 Å². The molecule has 1 aromatic heterocycles. The first kappa shape index (κ1) is 16.6. The van der Waals surface area contributed by atoms with Gasteiger partial charge in [0, 0.05) is 11.1 Å². The van der Waals surface area contributed by atoms with Crippen molar-refractivity contribution in [2.45, 2.75) is 32.6 Å². The predicted molar refractivity (Wildman–Crippen MR) is 80.7 cm³/mol. The van der Waals surface area contributed by atoms with Crippen molar-refractivity contribution in [3.8, 4) is 6.07 Å². The lowest BCUT2D eigenvalue weighted by molar-refractivity contribution is 0.0359. The molecule has 23 heavy (non-hydrogen) atoms. The van der Waals surface area contributed by atoms with Gasteiger partial charge in [0.25, 0.3) is 5.56 Å². The third-order valence-corrected chi connectivity index (χ3v) is 3.44. The van der Waals surface area contributed by atoms with E-state index in [1.54, 1.807) is 20.8 Å². The summed E-state index contributed by atoms with van der Waals surface area (Å²) in [6.07, 6.45) is 0. The number of halogens is 2. The van der Waals surface area contributed by atoms with Crippen molar-refractivity contribution < 1.29 is 8.78 Å². The fraction of sp³-hybridized carbons (Fsp3) is 0.312. The zero-order valence-electron chi connectivity index (χ0n) is 12.8. The minimum atomic E-state index is -3.61. The molecule has 0 unspecified atom stereocenters. The summed E-state index contributed by atoms with van der Waals surface area (Å²) in [6, 6.07) is 5.57. The Hall–Kier alpha value is -2.75. The average Bonchev–Trinajstić information content (AvgIpc) is 2.45. The highest BCUT2D eigenvalue weighted by Crippen LogP contribution is 2.37. The minimum Gasteiger partial charge on any atom is -0.305 e. The number of hydrogen-bond acceptors (Lipinski definition) is 3. The maximum Gasteiger partial charge on any atom is 0.326 e. The van der Waals surface area contributed by atoms with Crippen molar-refractivity contribution in [2.75, 3.05) is 0 Å². The van der Waals surface area contributed by atoms with Gasteiger partial charge in [-0.2, -0.15) is 14.0 Å². The predicted octanol–water partition coefficient (Wildman–Crippen LogP) is 2.51. The summed E-state index contributed by atoms with van der Waals surface area (Å²) in [6.45, 7) is 4.75. The highest BCUT2D eigenvalue weighted by atomic mass is 19.3. The van der Waals surface area contributed by atoms with Gasteiger partial charge in [0.15, 0.2) is 0 Å². The number of aryl methyl sites for hydroxylation is 1. The molecule has 1 heterocycles. The van der Waals surface area contributed by atoms with Gasteiger partial charge in [0.05, 0.1) is 11.6 Å². The van der Waals surface area contributed by atoms with Crippen LogP contribution in [0, 0.1) is 18.3 Å². The number of benzene rings is 1. The molecule has 0 aliphatic heterocycles. The van der Waals surface area contributed by atoms with Gasteiger partial charge in [-0.3, -0.25) is 9.78 Å². The molecule has 0 saturated heterocycles. The Morgan fingerprint density at radius 1 is 1.17 bits per heavy atom. The lowest BCUT2D eigenvalue weighted by Gasteiger charge is -2.21.